The molecule has 0 bridgehead atoms. The molecule has 1 saturated heterocycles. The first kappa shape index (κ1) is 16.7. The van der Waals surface area contributed by atoms with E-state index in [1.54, 1.807) is 28.9 Å². The number of sulfonamides is 1. The Morgan fingerprint density at radius 3 is 2.50 bits per heavy atom. The molecule has 0 atom stereocenters. The Bertz CT molecular complexity index is 832. The summed E-state index contributed by atoms with van der Waals surface area (Å²) < 4.78 is 29.6. The van der Waals surface area contributed by atoms with Gasteiger partial charge in [0.25, 0.3) is 5.91 Å². The lowest BCUT2D eigenvalue weighted by Gasteiger charge is -2.33. The summed E-state index contributed by atoms with van der Waals surface area (Å²) in [6.45, 7) is 3.78. The van der Waals surface area contributed by atoms with E-state index in [1.807, 2.05) is 6.92 Å². The van der Waals surface area contributed by atoms with Gasteiger partial charge in [-0.3, -0.25) is 14.2 Å². The lowest BCUT2D eigenvalue weighted by atomic mass is 10.3. The van der Waals surface area contributed by atoms with Crippen LogP contribution >= 0.6 is 0 Å². The van der Waals surface area contributed by atoms with Crippen molar-refractivity contribution in [2.24, 2.45) is 7.05 Å². The number of carbonyl (C=O) groups excluding carboxylic acids is 1. The van der Waals surface area contributed by atoms with Gasteiger partial charge in [0, 0.05) is 52.2 Å². The van der Waals surface area contributed by atoms with Crippen LogP contribution in [-0.4, -0.2) is 69.3 Å². The van der Waals surface area contributed by atoms with E-state index in [0.717, 1.165) is 0 Å². The van der Waals surface area contributed by atoms with Gasteiger partial charge in [0.1, 0.15) is 10.6 Å². The zero-order chi connectivity index (χ0) is 17.3. The predicted molar refractivity (Wildman–Crippen MR) is 85.8 cm³/mol. The van der Waals surface area contributed by atoms with Crippen LogP contribution in [0.1, 0.15) is 17.4 Å². The fourth-order valence-corrected chi connectivity index (χ4v) is 4.15. The molecule has 1 aliphatic heterocycles. The van der Waals surface area contributed by atoms with Crippen LogP contribution in [-0.2, 0) is 23.6 Å². The van der Waals surface area contributed by atoms with Gasteiger partial charge >= 0.3 is 0 Å². The molecule has 1 aliphatic rings. The second-order valence-electron chi connectivity index (χ2n) is 5.58. The number of piperazine rings is 1. The summed E-state index contributed by atoms with van der Waals surface area (Å²) in [4.78, 5) is 14.4. The van der Waals surface area contributed by atoms with Crippen molar-refractivity contribution < 1.29 is 13.2 Å². The van der Waals surface area contributed by atoms with E-state index in [1.165, 1.54) is 21.4 Å². The number of hydrogen-bond donors (Lipinski definition) is 0. The quantitative estimate of drug-likeness (QED) is 0.759. The number of carbonyl (C=O) groups is 1. The molecular weight excluding hydrogens is 332 g/mol. The first-order valence-electron chi connectivity index (χ1n) is 7.73. The number of rotatable bonds is 4. The number of aryl methyl sites for hydroxylation is 2. The van der Waals surface area contributed by atoms with Crippen LogP contribution in [0.15, 0.2) is 29.6 Å². The molecule has 0 spiro atoms. The third-order valence-electron chi connectivity index (χ3n) is 4.08. The summed E-state index contributed by atoms with van der Waals surface area (Å²) >= 11 is 0. The summed E-state index contributed by atoms with van der Waals surface area (Å²) in [5.74, 6) is -0.118. The van der Waals surface area contributed by atoms with Crippen LogP contribution in [0.4, 0.5) is 0 Å². The van der Waals surface area contributed by atoms with E-state index in [2.05, 4.69) is 10.2 Å². The average molecular weight is 352 g/mol. The van der Waals surface area contributed by atoms with Gasteiger partial charge in [-0.15, -0.1) is 0 Å². The van der Waals surface area contributed by atoms with Crippen molar-refractivity contribution >= 4 is 15.9 Å². The Labute approximate surface area is 140 Å². The highest BCUT2D eigenvalue weighted by atomic mass is 32.2. The van der Waals surface area contributed by atoms with Crippen LogP contribution in [0.3, 0.4) is 0 Å². The van der Waals surface area contributed by atoms with Crippen LogP contribution in [0.25, 0.3) is 0 Å². The Morgan fingerprint density at radius 1 is 1.21 bits per heavy atom. The topological polar surface area (TPSA) is 93.3 Å². The van der Waals surface area contributed by atoms with Crippen molar-refractivity contribution in [1.29, 1.82) is 0 Å². The minimum Gasteiger partial charge on any atom is -0.335 e. The summed E-state index contributed by atoms with van der Waals surface area (Å²) in [5, 5.41) is 8.01. The van der Waals surface area contributed by atoms with E-state index in [9.17, 15) is 13.2 Å². The van der Waals surface area contributed by atoms with E-state index < -0.39 is 10.0 Å². The molecule has 0 radical (unpaired) electrons. The van der Waals surface area contributed by atoms with Gasteiger partial charge in [-0.1, -0.05) is 0 Å². The minimum atomic E-state index is -3.56. The maximum atomic E-state index is 12.6. The normalized spacial score (nSPS) is 16.5. The monoisotopic (exact) mass is 352 g/mol. The Kier molecular flexibility index (Phi) is 4.41. The van der Waals surface area contributed by atoms with Crippen molar-refractivity contribution in [3.8, 4) is 0 Å². The Morgan fingerprint density at radius 2 is 1.92 bits per heavy atom. The number of nitrogens with zero attached hydrogens (tertiary/aromatic N) is 6. The molecular formula is C14H20N6O3S. The van der Waals surface area contributed by atoms with Crippen molar-refractivity contribution in [3.63, 3.8) is 0 Å². The SMILES string of the molecule is CCn1nccc1C(=O)N1CCN(S(=O)(=O)c2cnn(C)c2)CC1. The van der Waals surface area contributed by atoms with Crippen LogP contribution in [0, 0.1) is 0 Å². The number of hydrogen-bond acceptors (Lipinski definition) is 5. The third-order valence-corrected chi connectivity index (χ3v) is 5.93. The summed E-state index contributed by atoms with van der Waals surface area (Å²) in [5.41, 5.74) is 0.529. The van der Waals surface area contributed by atoms with Crippen molar-refractivity contribution in [2.45, 2.75) is 18.4 Å². The van der Waals surface area contributed by atoms with Crippen molar-refractivity contribution in [1.82, 2.24) is 28.8 Å². The second kappa shape index (κ2) is 6.36. The highest BCUT2D eigenvalue weighted by Gasteiger charge is 2.31. The number of amides is 1. The summed E-state index contributed by atoms with van der Waals surface area (Å²) in [6.07, 6.45) is 4.42. The molecule has 2 aromatic rings. The molecule has 3 heterocycles. The van der Waals surface area contributed by atoms with Gasteiger partial charge in [0.15, 0.2) is 0 Å². The van der Waals surface area contributed by atoms with Gasteiger partial charge in [-0.2, -0.15) is 14.5 Å². The average Bonchev–Trinajstić information content (AvgIpc) is 3.23. The first-order valence-corrected chi connectivity index (χ1v) is 9.17. The Balaban J connectivity index is 1.69. The largest absolute Gasteiger partial charge is 0.335 e. The molecule has 130 valence electrons. The maximum absolute atomic E-state index is 12.6. The molecule has 9 nitrogen and oxygen atoms in total. The highest BCUT2D eigenvalue weighted by Crippen LogP contribution is 2.17. The van der Waals surface area contributed by atoms with Crippen molar-refractivity contribution in [2.75, 3.05) is 26.2 Å². The highest BCUT2D eigenvalue weighted by molar-refractivity contribution is 7.89. The molecule has 0 saturated carbocycles. The van der Waals surface area contributed by atoms with Gasteiger partial charge < -0.3 is 4.90 Å². The van der Waals surface area contributed by atoms with E-state index >= 15 is 0 Å². The predicted octanol–water partition coefficient (Wildman–Crippen LogP) is -0.217. The summed E-state index contributed by atoms with van der Waals surface area (Å²) in [7, 11) is -1.89. The van der Waals surface area contributed by atoms with Crippen LogP contribution < -0.4 is 0 Å². The first-order chi connectivity index (χ1) is 11.4. The minimum absolute atomic E-state index is 0.118. The lowest BCUT2D eigenvalue weighted by molar-refractivity contribution is 0.0685. The standard InChI is InChI=1S/C14H20N6O3S/c1-3-20-13(4-5-15-20)14(21)18-6-8-19(9-7-18)24(22,23)12-10-16-17(2)11-12/h4-5,10-11H,3,6-9H2,1-2H3. The van der Waals surface area contributed by atoms with Gasteiger partial charge in [0.05, 0.1) is 6.20 Å². The number of aromatic nitrogens is 4. The molecule has 0 aliphatic carbocycles. The van der Waals surface area contributed by atoms with Crippen LogP contribution in [0.5, 0.6) is 0 Å². The molecule has 24 heavy (non-hydrogen) atoms. The molecule has 0 aromatic carbocycles. The summed E-state index contributed by atoms with van der Waals surface area (Å²) in [6, 6.07) is 1.69. The molecule has 0 N–H and O–H groups in total. The molecule has 2 aromatic heterocycles. The molecule has 0 unspecified atom stereocenters. The zero-order valence-electron chi connectivity index (χ0n) is 13.7. The molecule has 1 amide bonds. The molecule has 3 rings (SSSR count). The Hall–Kier alpha value is -2.20. The zero-order valence-corrected chi connectivity index (χ0v) is 14.5. The smallest absolute Gasteiger partial charge is 0.272 e. The fourth-order valence-electron chi connectivity index (χ4n) is 2.74. The van der Waals surface area contributed by atoms with E-state index in [4.69, 9.17) is 0 Å². The molecule has 1 fully saturated rings. The van der Waals surface area contributed by atoms with Gasteiger partial charge in [-0.25, -0.2) is 8.42 Å². The van der Waals surface area contributed by atoms with E-state index in [-0.39, 0.29) is 23.9 Å². The fraction of sp³-hybridized carbons (Fsp3) is 0.500. The lowest BCUT2D eigenvalue weighted by Crippen LogP contribution is -2.50. The third kappa shape index (κ3) is 2.94. The molecule has 10 heteroatoms. The van der Waals surface area contributed by atoms with Gasteiger partial charge in [-0.05, 0) is 13.0 Å². The maximum Gasteiger partial charge on any atom is 0.272 e. The van der Waals surface area contributed by atoms with Crippen molar-refractivity contribution in [3.05, 3.63) is 30.4 Å². The second-order valence-corrected chi connectivity index (χ2v) is 7.52. The van der Waals surface area contributed by atoms with Crippen LogP contribution in [0.2, 0.25) is 0 Å². The van der Waals surface area contributed by atoms with Gasteiger partial charge in [0.2, 0.25) is 10.0 Å². The van der Waals surface area contributed by atoms with E-state index in [0.29, 0.717) is 25.3 Å².